The van der Waals surface area contributed by atoms with Crippen LogP contribution in [-0.2, 0) is 4.74 Å². The van der Waals surface area contributed by atoms with E-state index in [4.69, 9.17) is 4.74 Å². The molecule has 0 radical (unpaired) electrons. The van der Waals surface area contributed by atoms with E-state index in [9.17, 15) is 0 Å². The van der Waals surface area contributed by atoms with E-state index in [0.717, 1.165) is 18.7 Å². The lowest BCUT2D eigenvalue weighted by atomic mass is 10.1. The van der Waals surface area contributed by atoms with Crippen molar-refractivity contribution >= 4 is 0 Å². The predicted octanol–water partition coefficient (Wildman–Crippen LogP) is 1.97. The van der Waals surface area contributed by atoms with E-state index in [2.05, 4.69) is 30.7 Å². The summed E-state index contributed by atoms with van der Waals surface area (Å²) < 4.78 is 5.86. The van der Waals surface area contributed by atoms with E-state index < -0.39 is 0 Å². The van der Waals surface area contributed by atoms with Crippen LogP contribution in [0.15, 0.2) is 0 Å². The van der Waals surface area contributed by atoms with Gasteiger partial charge in [-0.2, -0.15) is 0 Å². The highest BCUT2D eigenvalue weighted by atomic mass is 16.5. The number of rotatable bonds is 5. The van der Waals surface area contributed by atoms with Crippen LogP contribution in [-0.4, -0.2) is 61.3 Å². The van der Waals surface area contributed by atoms with Crippen LogP contribution in [0.5, 0.6) is 0 Å². The van der Waals surface area contributed by atoms with Gasteiger partial charge >= 0.3 is 0 Å². The maximum atomic E-state index is 5.86. The molecule has 1 aliphatic carbocycles. The minimum Gasteiger partial charge on any atom is -0.378 e. The first-order valence-corrected chi connectivity index (χ1v) is 7.64. The average molecular weight is 252 g/mol. The molecule has 3 heteroatoms. The summed E-state index contributed by atoms with van der Waals surface area (Å²) in [5.74, 6) is 0. The quantitative estimate of drug-likeness (QED) is 0.744. The Hall–Kier alpha value is -0.120. The van der Waals surface area contributed by atoms with Crippen molar-refractivity contribution in [1.29, 1.82) is 0 Å². The number of nitrogens with zero attached hydrogens (tertiary/aromatic N) is 2. The first-order valence-electron chi connectivity index (χ1n) is 7.64. The molecule has 2 bridgehead atoms. The van der Waals surface area contributed by atoms with Gasteiger partial charge in [-0.3, -0.25) is 9.80 Å². The fourth-order valence-electron chi connectivity index (χ4n) is 3.67. The summed E-state index contributed by atoms with van der Waals surface area (Å²) in [5.41, 5.74) is 0.514. The molecule has 0 aromatic rings. The summed E-state index contributed by atoms with van der Waals surface area (Å²) in [6, 6.07) is 1.65. The molecular weight excluding hydrogens is 224 g/mol. The highest BCUT2D eigenvalue weighted by Crippen LogP contribution is 2.47. The van der Waals surface area contributed by atoms with Crippen LogP contribution in [0.1, 0.15) is 39.5 Å². The molecule has 18 heavy (non-hydrogen) atoms. The average Bonchev–Trinajstić information content (AvgIpc) is 3.05. The van der Waals surface area contributed by atoms with Gasteiger partial charge in [0.25, 0.3) is 0 Å². The smallest absolute Gasteiger partial charge is 0.0538 e. The van der Waals surface area contributed by atoms with E-state index in [1.165, 1.54) is 45.3 Å². The molecule has 2 unspecified atom stereocenters. The Kier molecular flexibility index (Phi) is 3.41. The third kappa shape index (κ3) is 2.59. The Morgan fingerprint density at radius 1 is 1.17 bits per heavy atom. The molecule has 1 saturated carbocycles. The first kappa shape index (κ1) is 12.9. The number of hydrogen-bond acceptors (Lipinski definition) is 3. The lowest BCUT2D eigenvalue weighted by molar-refractivity contribution is 0.0153. The summed E-state index contributed by atoms with van der Waals surface area (Å²) in [4.78, 5) is 5.33. The zero-order chi connectivity index (χ0) is 12.8. The Morgan fingerprint density at radius 2 is 1.78 bits per heavy atom. The Morgan fingerprint density at radius 3 is 2.28 bits per heavy atom. The third-order valence-corrected chi connectivity index (χ3v) is 5.16. The topological polar surface area (TPSA) is 15.7 Å². The molecule has 0 N–H and O–H groups in total. The van der Waals surface area contributed by atoms with Crippen molar-refractivity contribution < 1.29 is 4.74 Å². The van der Waals surface area contributed by atoms with Crippen LogP contribution in [0.2, 0.25) is 0 Å². The second-order valence-electron chi connectivity index (χ2n) is 7.10. The summed E-state index contributed by atoms with van der Waals surface area (Å²) in [6.45, 7) is 9.12. The summed E-state index contributed by atoms with van der Waals surface area (Å²) in [6.07, 6.45) is 5.95. The molecule has 0 aromatic carbocycles. The van der Waals surface area contributed by atoms with Crippen molar-refractivity contribution in [1.82, 2.24) is 9.80 Å². The second kappa shape index (κ2) is 4.77. The molecule has 104 valence electrons. The predicted molar refractivity (Wildman–Crippen MR) is 73.8 cm³/mol. The molecule has 3 rings (SSSR count). The van der Waals surface area contributed by atoms with Crippen molar-refractivity contribution in [2.24, 2.45) is 5.41 Å². The summed E-state index contributed by atoms with van der Waals surface area (Å²) in [7, 11) is 2.31. The Labute approximate surface area is 111 Å². The van der Waals surface area contributed by atoms with Gasteiger partial charge in [0.05, 0.1) is 12.7 Å². The minimum absolute atomic E-state index is 0.381. The van der Waals surface area contributed by atoms with Gasteiger partial charge in [0.1, 0.15) is 0 Å². The highest BCUT2D eigenvalue weighted by molar-refractivity contribution is 5.00. The molecule has 2 heterocycles. The minimum atomic E-state index is 0.381. The first-order chi connectivity index (χ1) is 8.58. The maximum absolute atomic E-state index is 5.86. The van der Waals surface area contributed by atoms with Crippen LogP contribution >= 0.6 is 0 Å². The second-order valence-corrected chi connectivity index (χ2v) is 7.10. The normalized spacial score (nSPS) is 35.3. The fourth-order valence-corrected chi connectivity index (χ4v) is 3.67. The van der Waals surface area contributed by atoms with Crippen LogP contribution in [0.25, 0.3) is 0 Å². The van der Waals surface area contributed by atoms with E-state index in [0.29, 0.717) is 11.5 Å². The van der Waals surface area contributed by atoms with Crippen LogP contribution in [0.4, 0.5) is 0 Å². The monoisotopic (exact) mass is 252 g/mol. The number of hydrogen-bond donors (Lipinski definition) is 0. The zero-order valence-corrected chi connectivity index (χ0v) is 12.2. The van der Waals surface area contributed by atoms with Crippen molar-refractivity contribution in [3.05, 3.63) is 0 Å². The third-order valence-electron chi connectivity index (χ3n) is 5.16. The van der Waals surface area contributed by atoms with E-state index in [-0.39, 0.29) is 0 Å². The number of likely N-dealkylation sites (N-methyl/N-ethyl adjacent to an activating group) is 1. The van der Waals surface area contributed by atoms with Crippen LogP contribution in [0.3, 0.4) is 0 Å². The molecular formula is C15H28N2O. The SMILES string of the molecule is CC(C)OCC1(CN2CC3CCC(C2)N3C)CC1. The van der Waals surface area contributed by atoms with Crippen LogP contribution < -0.4 is 0 Å². The Balaban J connectivity index is 1.52. The van der Waals surface area contributed by atoms with Gasteiger partial charge in [0.15, 0.2) is 0 Å². The maximum Gasteiger partial charge on any atom is 0.0538 e. The fraction of sp³-hybridized carbons (Fsp3) is 1.00. The van der Waals surface area contributed by atoms with Gasteiger partial charge in [-0.15, -0.1) is 0 Å². The van der Waals surface area contributed by atoms with Gasteiger partial charge in [-0.05, 0) is 46.6 Å². The molecule has 3 aliphatic rings. The highest BCUT2D eigenvalue weighted by Gasteiger charge is 2.47. The Bertz CT molecular complexity index is 287. The molecule has 2 aliphatic heterocycles. The molecule has 2 saturated heterocycles. The standard InChI is InChI=1S/C15H28N2O/c1-12(2)18-11-15(6-7-15)10-17-8-13-4-5-14(9-17)16(13)3/h12-14H,4-11H2,1-3H3. The number of fused-ring (bicyclic) bond motifs is 2. The van der Waals surface area contributed by atoms with Gasteiger partial charge in [0.2, 0.25) is 0 Å². The van der Waals surface area contributed by atoms with Gasteiger partial charge in [0, 0.05) is 37.1 Å². The lowest BCUT2D eigenvalue weighted by Gasteiger charge is -2.40. The summed E-state index contributed by atoms with van der Waals surface area (Å²) >= 11 is 0. The lowest BCUT2D eigenvalue weighted by Crippen LogP contribution is -2.53. The van der Waals surface area contributed by atoms with Crippen molar-refractivity contribution in [2.45, 2.75) is 57.7 Å². The van der Waals surface area contributed by atoms with E-state index in [1.54, 1.807) is 0 Å². The van der Waals surface area contributed by atoms with E-state index >= 15 is 0 Å². The molecule has 3 nitrogen and oxygen atoms in total. The number of likely N-dealkylation sites (tertiary alicyclic amines) is 1. The van der Waals surface area contributed by atoms with Crippen LogP contribution in [0, 0.1) is 5.41 Å². The van der Waals surface area contributed by atoms with E-state index in [1.807, 2.05) is 0 Å². The van der Waals surface area contributed by atoms with Crippen molar-refractivity contribution in [3.8, 4) is 0 Å². The molecule has 0 aromatic heterocycles. The molecule has 0 amide bonds. The molecule has 0 spiro atoms. The zero-order valence-electron chi connectivity index (χ0n) is 12.2. The molecule has 2 atom stereocenters. The summed E-state index contributed by atoms with van der Waals surface area (Å²) in [5, 5.41) is 0. The van der Waals surface area contributed by atoms with Crippen molar-refractivity contribution in [3.63, 3.8) is 0 Å². The van der Waals surface area contributed by atoms with Gasteiger partial charge < -0.3 is 4.74 Å². The molecule has 3 fully saturated rings. The number of piperazine rings is 1. The van der Waals surface area contributed by atoms with Crippen molar-refractivity contribution in [2.75, 3.05) is 33.3 Å². The van der Waals surface area contributed by atoms with Gasteiger partial charge in [-0.1, -0.05) is 0 Å². The van der Waals surface area contributed by atoms with Gasteiger partial charge in [-0.25, -0.2) is 0 Å². The number of ether oxygens (including phenoxy) is 1. The largest absolute Gasteiger partial charge is 0.378 e.